The zero-order valence-corrected chi connectivity index (χ0v) is 12.3. The van der Waals surface area contributed by atoms with Gasteiger partial charge in [0, 0.05) is 23.4 Å². The number of amides is 1. The molecular weight excluding hydrogens is 279 g/mol. The van der Waals surface area contributed by atoms with Gasteiger partial charge in [0.05, 0.1) is 4.34 Å². The van der Waals surface area contributed by atoms with Gasteiger partial charge in [0.15, 0.2) is 0 Å². The number of hydrogen-bond donors (Lipinski definition) is 2. The summed E-state index contributed by atoms with van der Waals surface area (Å²) in [7, 11) is 0. The summed E-state index contributed by atoms with van der Waals surface area (Å²) >= 11 is 7.35. The number of carbonyl (C=O) groups excluding carboxylic acids is 1. The summed E-state index contributed by atoms with van der Waals surface area (Å²) in [5.74, 6) is -0.135. The fourth-order valence-corrected chi connectivity index (χ4v) is 2.28. The molecule has 0 saturated carbocycles. The van der Waals surface area contributed by atoms with Crippen LogP contribution in [0.15, 0.2) is 12.1 Å². The third-order valence-corrected chi connectivity index (χ3v) is 3.79. The molecule has 98 valence electrons. The first-order valence-electron chi connectivity index (χ1n) is 5.28. The molecular formula is C11H18Cl2N2OS. The van der Waals surface area contributed by atoms with Gasteiger partial charge >= 0.3 is 0 Å². The lowest BCUT2D eigenvalue weighted by Crippen LogP contribution is -2.39. The zero-order chi connectivity index (χ0) is 12.1. The molecule has 3 nitrogen and oxygen atoms in total. The number of rotatable bonds is 5. The van der Waals surface area contributed by atoms with E-state index in [1.165, 1.54) is 4.88 Å². The van der Waals surface area contributed by atoms with E-state index >= 15 is 0 Å². The van der Waals surface area contributed by atoms with E-state index in [1.807, 2.05) is 26.0 Å². The molecule has 0 fully saturated rings. The number of thiophene rings is 1. The molecule has 1 aromatic heterocycles. The third kappa shape index (κ3) is 5.73. The van der Waals surface area contributed by atoms with Gasteiger partial charge in [0.2, 0.25) is 5.91 Å². The molecule has 1 heterocycles. The number of hydrogen-bond acceptors (Lipinski definition) is 3. The first-order valence-corrected chi connectivity index (χ1v) is 6.47. The van der Waals surface area contributed by atoms with Gasteiger partial charge in [-0.1, -0.05) is 18.5 Å². The van der Waals surface area contributed by atoms with Gasteiger partial charge in [-0.25, -0.2) is 0 Å². The maximum atomic E-state index is 11.6. The predicted octanol–water partition coefficient (Wildman–Crippen LogP) is 2.47. The predicted molar refractivity (Wildman–Crippen MR) is 76.1 cm³/mol. The van der Waals surface area contributed by atoms with Crippen LogP contribution in [-0.2, 0) is 11.2 Å². The normalized spacial score (nSPS) is 13.6. The second-order valence-corrected chi connectivity index (χ2v) is 5.69. The Labute approximate surface area is 117 Å². The molecule has 0 aliphatic heterocycles. The Morgan fingerprint density at radius 2 is 2.18 bits per heavy atom. The average Bonchev–Trinajstić information content (AvgIpc) is 2.62. The van der Waals surface area contributed by atoms with Crippen LogP contribution in [0.2, 0.25) is 4.34 Å². The van der Waals surface area contributed by atoms with Crippen molar-refractivity contribution < 1.29 is 4.79 Å². The van der Waals surface area contributed by atoms with Gasteiger partial charge in [0.25, 0.3) is 0 Å². The van der Waals surface area contributed by atoms with E-state index in [4.69, 9.17) is 17.3 Å². The summed E-state index contributed by atoms with van der Waals surface area (Å²) in [5.41, 5.74) is 5.65. The minimum Gasteiger partial charge on any atom is -0.355 e. The van der Waals surface area contributed by atoms with E-state index < -0.39 is 0 Å². The van der Waals surface area contributed by atoms with Crippen LogP contribution in [-0.4, -0.2) is 18.5 Å². The minimum atomic E-state index is -0.146. The molecule has 0 radical (unpaired) electrons. The van der Waals surface area contributed by atoms with Crippen LogP contribution in [0.25, 0.3) is 0 Å². The topological polar surface area (TPSA) is 55.1 Å². The standard InChI is InChI=1S/C11H17ClN2OS.ClH/c1-7(8(2)13)11(15)14-6-5-9-3-4-10(12)16-9;/h3-4,7-8H,5-6,13H2,1-2H3,(H,14,15);1H. The van der Waals surface area contributed by atoms with E-state index in [1.54, 1.807) is 11.3 Å². The molecule has 1 rings (SSSR count). The largest absolute Gasteiger partial charge is 0.355 e. The minimum absolute atomic E-state index is 0. The van der Waals surface area contributed by atoms with Crippen LogP contribution in [0.5, 0.6) is 0 Å². The lowest BCUT2D eigenvalue weighted by Gasteiger charge is -2.14. The van der Waals surface area contributed by atoms with Gasteiger partial charge < -0.3 is 11.1 Å². The van der Waals surface area contributed by atoms with E-state index in [0.29, 0.717) is 6.54 Å². The molecule has 17 heavy (non-hydrogen) atoms. The summed E-state index contributed by atoms with van der Waals surface area (Å²) in [6.45, 7) is 4.30. The van der Waals surface area contributed by atoms with E-state index in [9.17, 15) is 4.79 Å². The highest BCUT2D eigenvalue weighted by Crippen LogP contribution is 2.21. The molecule has 6 heteroatoms. The zero-order valence-electron chi connectivity index (χ0n) is 9.90. The molecule has 0 bridgehead atoms. The van der Waals surface area contributed by atoms with Crippen LogP contribution in [0, 0.1) is 5.92 Å². The van der Waals surface area contributed by atoms with Crippen molar-refractivity contribution in [2.75, 3.05) is 6.54 Å². The Morgan fingerprint density at radius 3 is 2.65 bits per heavy atom. The fraction of sp³-hybridized carbons (Fsp3) is 0.545. The Hall–Kier alpha value is -0.290. The highest BCUT2D eigenvalue weighted by Gasteiger charge is 2.16. The number of nitrogens with two attached hydrogens (primary N) is 1. The maximum absolute atomic E-state index is 11.6. The van der Waals surface area contributed by atoms with E-state index in [2.05, 4.69) is 5.32 Å². The first kappa shape index (κ1) is 16.7. The Balaban J connectivity index is 0.00000256. The Kier molecular flexibility index (Phi) is 7.79. The van der Waals surface area contributed by atoms with Crippen molar-refractivity contribution in [2.45, 2.75) is 26.3 Å². The highest BCUT2D eigenvalue weighted by molar-refractivity contribution is 7.16. The van der Waals surface area contributed by atoms with Crippen molar-refractivity contribution in [3.63, 3.8) is 0 Å². The summed E-state index contributed by atoms with van der Waals surface area (Å²) < 4.78 is 0.783. The van der Waals surface area contributed by atoms with E-state index in [-0.39, 0.29) is 30.3 Å². The third-order valence-electron chi connectivity index (χ3n) is 2.50. The molecule has 0 spiro atoms. The Morgan fingerprint density at radius 1 is 1.53 bits per heavy atom. The SMILES string of the molecule is CC(N)C(C)C(=O)NCCc1ccc(Cl)s1.Cl. The van der Waals surface area contributed by atoms with Crippen molar-refractivity contribution in [2.24, 2.45) is 11.7 Å². The van der Waals surface area contributed by atoms with Crippen molar-refractivity contribution in [3.8, 4) is 0 Å². The van der Waals surface area contributed by atoms with Crippen molar-refractivity contribution in [1.82, 2.24) is 5.32 Å². The van der Waals surface area contributed by atoms with Crippen LogP contribution in [0.4, 0.5) is 0 Å². The average molecular weight is 297 g/mol. The quantitative estimate of drug-likeness (QED) is 0.877. The van der Waals surface area contributed by atoms with Crippen LogP contribution < -0.4 is 11.1 Å². The smallest absolute Gasteiger partial charge is 0.224 e. The summed E-state index contributed by atoms with van der Waals surface area (Å²) in [6, 6.07) is 3.73. The Bertz CT molecular complexity index is 355. The summed E-state index contributed by atoms with van der Waals surface area (Å²) in [4.78, 5) is 12.7. The number of halogens is 2. The lowest BCUT2D eigenvalue weighted by atomic mass is 10.0. The highest BCUT2D eigenvalue weighted by atomic mass is 35.5. The number of carbonyl (C=O) groups is 1. The van der Waals surface area contributed by atoms with Crippen molar-refractivity contribution in [3.05, 3.63) is 21.3 Å². The first-order chi connectivity index (χ1) is 7.50. The maximum Gasteiger partial charge on any atom is 0.224 e. The molecule has 1 amide bonds. The molecule has 1 aromatic rings. The van der Waals surface area contributed by atoms with Gasteiger partial charge in [-0.3, -0.25) is 4.79 Å². The van der Waals surface area contributed by atoms with Gasteiger partial charge in [-0.05, 0) is 25.5 Å². The second-order valence-electron chi connectivity index (χ2n) is 3.89. The van der Waals surface area contributed by atoms with Crippen molar-refractivity contribution in [1.29, 1.82) is 0 Å². The van der Waals surface area contributed by atoms with Crippen molar-refractivity contribution >= 4 is 41.3 Å². The molecule has 2 atom stereocenters. The summed E-state index contributed by atoms with van der Waals surface area (Å²) in [6.07, 6.45) is 0.814. The van der Waals surface area contributed by atoms with Crippen LogP contribution in [0.3, 0.4) is 0 Å². The van der Waals surface area contributed by atoms with E-state index in [0.717, 1.165) is 10.8 Å². The van der Waals surface area contributed by atoms with Crippen LogP contribution >= 0.6 is 35.3 Å². The molecule has 3 N–H and O–H groups in total. The molecule has 0 aliphatic carbocycles. The monoisotopic (exact) mass is 296 g/mol. The van der Waals surface area contributed by atoms with Gasteiger partial charge in [-0.2, -0.15) is 0 Å². The lowest BCUT2D eigenvalue weighted by molar-refractivity contribution is -0.124. The van der Waals surface area contributed by atoms with Gasteiger partial charge in [0.1, 0.15) is 0 Å². The van der Waals surface area contributed by atoms with Crippen LogP contribution in [0.1, 0.15) is 18.7 Å². The molecule has 0 aliphatic rings. The summed E-state index contributed by atoms with van der Waals surface area (Å²) in [5, 5.41) is 2.87. The number of nitrogens with one attached hydrogen (secondary N) is 1. The molecule has 0 saturated heterocycles. The molecule has 2 unspecified atom stereocenters. The molecule has 0 aromatic carbocycles. The fourth-order valence-electron chi connectivity index (χ4n) is 1.19. The van der Waals surface area contributed by atoms with Gasteiger partial charge in [-0.15, -0.1) is 23.7 Å². The second kappa shape index (κ2) is 7.93.